The summed E-state index contributed by atoms with van der Waals surface area (Å²) < 4.78 is 51.0. The number of furan rings is 7. The van der Waals surface area contributed by atoms with E-state index in [0.29, 0.717) is 6.04 Å². The number of hydrogen-bond donors (Lipinski definition) is 0. The number of fused-ring (bicyclic) bond motifs is 25. The van der Waals surface area contributed by atoms with E-state index in [1.54, 1.807) is 12.5 Å². The van der Waals surface area contributed by atoms with E-state index in [4.69, 9.17) is 30.9 Å². The Labute approximate surface area is 767 Å². The highest BCUT2D eigenvalue weighted by molar-refractivity contribution is 5.89. The Morgan fingerprint density at radius 2 is 0.631 bits per heavy atom. The molecule has 5 aromatic carbocycles. The summed E-state index contributed by atoms with van der Waals surface area (Å²) in [5.74, 6) is 9.29. The van der Waals surface area contributed by atoms with Crippen molar-refractivity contribution in [2.24, 2.45) is 55.6 Å². The van der Waals surface area contributed by atoms with Crippen LogP contribution in [0.4, 0.5) is 28.4 Å². The third-order valence-electron chi connectivity index (χ3n) is 37.8. The third-order valence-corrected chi connectivity index (χ3v) is 37.8. The van der Waals surface area contributed by atoms with Crippen molar-refractivity contribution in [3.63, 3.8) is 0 Å². The molecule has 15 aromatic rings. The zero-order valence-corrected chi connectivity index (χ0v) is 81.2. The summed E-state index contributed by atoms with van der Waals surface area (Å²) in [6.07, 6.45) is 27.9. The first kappa shape index (κ1) is 83.5. The van der Waals surface area contributed by atoms with Gasteiger partial charge in [-0.05, 0) is 251 Å². The van der Waals surface area contributed by atoms with Gasteiger partial charge in [0.15, 0.2) is 39.1 Å². The Kier molecular flexibility index (Phi) is 18.2. The highest BCUT2D eigenvalue weighted by atomic mass is 16.4. The predicted molar refractivity (Wildman–Crippen MR) is 525 cm³/mol. The Hall–Kier alpha value is -10.8. The molecule has 7 aliphatic heterocycles. The Bertz CT molecular complexity index is 6830. The average Bonchev–Trinajstić information content (AvgIpc) is 1.50. The van der Waals surface area contributed by atoms with E-state index in [-0.39, 0.29) is 73.5 Å². The molecular formula is C115H134N8O7. The maximum atomic E-state index is 6.81. The van der Waals surface area contributed by atoms with Gasteiger partial charge in [0.25, 0.3) is 0 Å². The lowest BCUT2D eigenvalue weighted by molar-refractivity contribution is -0.0679. The second kappa shape index (κ2) is 28.4. The third kappa shape index (κ3) is 10.5. The smallest absolute Gasteiger partial charge is 0.177 e. The van der Waals surface area contributed by atoms with Crippen molar-refractivity contribution >= 4 is 84.1 Å². The highest BCUT2D eigenvalue weighted by Crippen LogP contribution is 2.74. The number of para-hydroxylation sites is 5. The van der Waals surface area contributed by atoms with Gasteiger partial charge < -0.3 is 69.1 Å². The summed E-state index contributed by atoms with van der Waals surface area (Å²) in [5.41, 5.74) is 33.4. The largest absolute Gasteiger partial charge is 0.460 e. The molecule has 676 valence electrons. The second-order valence-corrected chi connectivity index (χ2v) is 44.5. The van der Waals surface area contributed by atoms with Gasteiger partial charge in [0.2, 0.25) is 0 Å². The number of rotatable bonds is 3. The van der Waals surface area contributed by atoms with Crippen molar-refractivity contribution in [3.05, 3.63) is 266 Å². The lowest BCUT2D eigenvalue weighted by atomic mass is 9.48. The van der Waals surface area contributed by atoms with Crippen LogP contribution in [-0.4, -0.2) is 13.7 Å². The number of aryl methyl sites for hydroxylation is 8. The molecule has 4 bridgehead atoms. The van der Waals surface area contributed by atoms with Crippen molar-refractivity contribution in [3.8, 4) is 0 Å². The van der Waals surface area contributed by atoms with E-state index in [1.807, 2.05) is 12.1 Å². The normalized spacial score (nSPS) is 27.8. The standard InChI is InChI=1S/C26H30N2O.2C24H30N2O.C21H23NO2.C20H21NO2/c1-15-6-4-5-7-21(15)28-16(2)23-24-22(8-9-27(24)3)29-25(23)26(28)19-11-17-10-18(13-19)14-20(26)12-17;2*1-14-10-9-11-16-19(14)26-15(2)18-20-17(12-13-25(20)8)27-21(18)24(26,7)23(5,6)22(16,3)4;1-14-8-4-5-9-16(14)22-15(2)18-19-17(10-13-23-19)24-20(18)21(22)11-6-3-7-12-21;1-13-7-3-4-8-15(13)21-14(2)17-18-16(9-12-22-18)23-19(17)20(21)10-5-6-11-20/h4-9,16-20H,10-14H2,1-3H3;2*9-13,15H,1-8H3;4-5,8-10,13,15H,3,6-7,11-12H2,1-2H3;3-4,7-9,12,14H,5-6,10-11H2,1-2H3. The predicted octanol–water partition coefficient (Wildman–Crippen LogP) is 30.5. The minimum absolute atomic E-state index is 0.00238. The lowest BCUT2D eigenvalue weighted by Crippen LogP contribution is -2.62. The molecule has 17 heterocycles. The summed E-state index contributed by atoms with van der Waals surface area (Å²) in [7, 11) is 6.42. The van der Waals surface area contributed by atoms with Gasteiger partial charge >= 0.3 is 0 Å². The minimum Gasteiger partial charge on any atom is -0.460 e. The number of hydrogen-bond acceptors (Lipinski definition) is 12. The molecule has 0 saturated heterocycles. The second-order valence-electron chi connectivity index (χ2n) is 44.5. The molecule has 130 heavy (non-hydrogen) atoms. The zero-order chi connectivity index (χ0) is 90.4. The van der Waals surface area contributed by atoms with Gasteiger partial charge in [-0.2, -0.15) is 0 Å². The van der Waals surface area contributed by atoms with Gasteiger partial charge in [0.1, 0.15) is 45.4 Å². The fraction of sp³-hybridized carbons (Fsp3) is 0.478. The summed E-state index contributed by atoms with van der Waals surface area (Å²) in [6, 6.07) is 51.8. The molecule has 15 nitrogen and oxygen atoms in total. The Morgan fingerprint density at radius 3 is 1.02 bits per heavy atom. The molecule has 6 saturated carbocycles. The Balaban J connectivity index is 0.0000000928. The van der Waals surface area contributed by atoms with Gasteiger partial charge in [-0.1, -0.05) is 178 Å². The van der Waals surface area contributed by atoms with Crippen molar-refractivity contribution in [1.82, 2.24) is 13.7 Å². The van der Waals surface area contributed by atoms with Gasteiger partial charge in [0, 0.05) is 108 Å². The molecule has 6 aliphatic carbocycles. The van der Waals surface area contributed by atoms with Crippen LogP contribution < -0.4 is 24.5 Å². The van der Waals surface area contributed by atoms with Crippen molar-refractivity contribution in [2.75, 3.05) is 24.5 Å². The van der Waals surface area contributed by atoms with Crippen LogP contribution in [0.25, 0.3) is 55.6 Å². The van der Waals surface area contributed by atoms with E-state index in [2.05, 4.69) is 344 Å². The van der Waals surface area contributed by atoms with E-state index < -0.39 is 0 Å². The van der Waals surface area contributed by atoms with E-state index >= 15 is 0 Å². The molecule has 0 amide bonds. The van der Waals surface area contributed by atoms with Crippen LogP contribution in [0.15, 0.2) is 202 Å². The molecule has 15 heteroatoms. The molecule has 28 rings (SSSR count). The fourth-order valence-corrected chi connectivity index (χ4v) is 30.2. The van der Waals surface area contributed by atoms with Crippen LogP contribution in [0.3, 0.4) is 0 Å². The monoisotopic (exact) mass is 1740 g/mol. The van der Waals surface area contributed by atoms with Gasteiger partial charge in [0.05, 0.1) is 81.5 Å². The number of aromatic nitrogens is 3. The van der Waals surface area contributed by atoms with E-state index in [9.17, 15) is 0 Å². The van der Waals surface area contributed by atoms with Crippen LogP contribution >= 0.6 is 0 Å². The first-order valence-corrected chi connectivity index (χ1v) is 49.2. The molecule has 3 spiro atoms. The molecular weight excluding hydrogens is 1610 g/mol. The first-order valence-electron chi connectivity index (χ1n) is 49.2. The van der Waals surface area contributed by atoms with E-state index in [1.165, 1.54) is 182 Å². The summed E-state index contributed by atoms with van der Waals surface area (Å²) in [5, 5.41) is 0. The first-order chi connectivity index (χ1) is 62.1. The molecule has 6 fully saturated rings. The fourth-order valence-electron chi connectivity index (χ4n) is 30.2. The average molecular weight is 1740 g/mol. The SMILES string of the molecule is Cc1cccc2c1N1C(C)c3c(oc4ccn(C)c34)C1(C)C(C)(C)C2(C)C.Cc1cccc2c1N1C(C)c3c(oc4ccn(C)c34)C1(C)C(C)(C)C2(C)C.Cc1ccccc1N1C(C)c2c(oc3ccn(C)c23)C12C1CC3CC(C1)CC2C3.Cc1ccccc1N1C(C)c2c(oc3ccoc23)C12CCCC2.Cc1ccccc1N1C(C)c2c(oc3ccoc23)C12CCCCC2. The zero-order valence-electron chi connectivity index (χ0n) is 81.2. The van der Waals surface area contributed by atoms with Crippen LogP contribution in [0.2, 0.25) is 0 Å². The quantitative estimate of drug-likeness (QED) is 0.167. The summed E-state index contributed by atoms with van der Waals surface area (Å²) >= 11 is 0. The minimum atomic E-state index is -0.205. The van der Waals surface area contributed by atoms with Gasteiger partial charge in [-0.25, -0.2) is 0 Å². The van der Waals surface area contributed by atoms with Gasteiger partial charge in [-0.15, -0.1) is 0 Å². The van der Waals surface area contributed by atoms with Crippen LogP contribution in [0, 0.1) is 69.1 Å². The number of anilines is 5. The summed E-state index contributed by atoms with van der Waals surface area (Å²) in [4.78, 5) is 13.4. The van der Waals surface area contributed by atoms with Crippen LogP contribution in [0.5, 0.6) is 0 Å². The molecule has 13 aliphatic rings. The molecule has 7 unspecified atom stereocenters. The van der Waals surface area contributed by atoms with Crippen LogP contribution in [0.1, 0.15) is 320 Å². The number of nitrogens with zero attached hydrogens (tertiary/aromatic N) is 8. The highest BCUT2D eigenvalue weighted by Gasteiger charge is 2.71. The van der Waals surface area contributed by atoms with Crippen molar-refractivity contribution in [1.29, 1.82) is 0 Å². The molecule has 0 N–H and O–H groups in total. The van der Waals surface area contributed by atoms with E-state index in [0.717, 1.165) is 111 Å². The molecule has 0 radical (unpaired) electrons. The molecule has 7 atom stereocenters. The Morgan fingerprint density at radius 1 is 0.308 bits per heavy atom. The topological polar surface area (TPSA) is 123 Å². The maximum absolute atomic E-state index is 6.81. The lowest BCUT2D eigenvalue weighted by Gasteiger charge is -2.63. The van der Waals surface area contributed by atoms with Crippen LogP contribution in [-0.2, 0) is 59.7 Å². The summed E-state index contributed by atoms with van der Waals surface area (Å²) in [6.45, 7) is 47.0. The maximum Gasteiger partial charge on any atom is 0.177 e. The van der Waals surface area contributed by atoms with Crippen molar-refractivity contribution < 1.29 is 30.9 Å². The molecule has 10 aromatic heterocycles. The van der Waals surface area contributed by atoms with Crippen molar-refractivity contribution in [2.45, 2.75) is 297 Å². The number of benzene rings is 5. The van der Waals surface area contributed by atoms with Gasteiger partial charge in [-0.3, -0.25) is 0 Å².